The van der Waals surface area contributed by atoms with Crippen molar-refractivity contribution in [3.8, 4) is 0 Å². The molecule has 0 spiro atoms. The Morgan fingerprint density at radius 2 is 2.04 bits per heavy atom. The van der Waals surface area contributed by atoms with Gasteiger partial charge in [0, 0.05) is 42.7 Å². The first kappa shape index (κ1) is 16.0. The summed E-state index contributed by atoms with van der Waals surface area (Å²) in [4.78, 5) is 11.5. The van der Waals surface area contributed by atoms with Gasteiger partial charge in [0.1, 0.15) is 6.04 Å². The van der Waals surface area contributed by atoms with Gasteiger partial charge in [0.2, 0.25) is 0 Å². The normalized spacial score (nSPS) is 15.1. The molecule has 1 unspecified atom stereocenters. The largest absolute Gasteiger partial charge is 0.480 e. The zero-order valence-electron chi connectivity index (χ0n) is 14.1. The van der Waals surface area contributed by atoms with Gasteiger partial charge in [-0.1, -0.05) is 6.92 Å². The predicted octanol–water partition coefficient (Wildman–Crippen LogP) is 2.18. The van der Waals surface area contributed by atoms with Crippen molar-refractivity contribution in [1.82, 2.24) is 15.2 Å². The zero-order chi connectivity index (χ0) is 16.6. The third-order valence-electron chi connectivity index (χ3n) is 4.88. The molecule has 1 aliphatic heterocycles. The number of nitrogens with zero attached hydrogens (tertiary/aromatic N) is 1. The van der Waals surface area contributed by atoms with Crippen molar-refractivity contribution in [2.75, 3.05) is 6.54 Å². The van der Waals surface area contributed by atoms with Gasteiger partial charge in [-0.3, -0.25) is 4.79 Å². The molecule has 2 heterocycles. The van der Waals surface area contributed by atoms with E-state index in [4.69, 9.17) is 0 Å². The third kappa shape index (κ3) is 2.75. The average Bonchev–Trinajstić information content (AvgIpc) is 3.07. The van der Waals surface area contributed by atoms with E-state index < -0.39 is 12.0 Å². The highest BCUT2D eigenvalue weighted by atomic mass is 16.4. The van der Waals surface area contributed by atoms with E-state index in [0.29, 0.717) is 13.0 Å². The highest BCUT2D eigenvalue weighted by Crippen LogP contribution is 2.31. The van der Waals surface area contributed by atoms with Crippen molar-refractivity contribution in [3.63, 3.8) is 0 Å². The van der Waals surface area contributed by atoms with E-state index in [2.05, 4.69) is 41.2 Å². The zero-order valence-corrected chi connectivity index (χ0v) is 14.1. The minimum absolute atomic E-state index is 0.519. The molecular formula is C18H25N3O2. The number of aryl methyl sites for hydroxylation is 1. The molecule has 3 rings (SSSR count). The second-order valence-electron chi connectivity index (χ2n) is 6.20. The first-order valence-corrected chi connectivity index (χ1v) is 8.37. The van der Waals surface area contributed by atoms with Crippen molar-refractivity contribution in [2.45, 2.75) is 52.9 Å². The lowest BCUT2D eigenvalue weighted by Crippen LogP contribution is -2.38. The number of carboxylic acids is 1. The van der Waals surface area contributed by atoms with Crippen molar-refractivity contribution in [3.05, 3.63) is 34.5 Å². The number of carbonyl (C=O) groups is 1. The number of hydrogen-bond acceptors (Lipinski definition) is 3. The maximum Gasteiger partial charge on any atom is 0.321 e. The van der Waals surface area contributed by atoms with Crippen LogP contribution in [0.15, 0.2) is 12.1 Å². The molecule has 3 N–H and O–H groups in total. The van der Waals surface area contributed by atoms with Gasteiger partial charge in [0.05, 0.1) is 0 Å². The van der Waals surface area contributed by atoms with Crippen LogP contribution in [0.25, 0.3) is 10.9 Å². The number of hydrogen-bond donors (Lipinski definition) is 3. The summed E-state index contributed by atoms with van der Waals surface area (Å²) in [5.41, 5.74) is 6.26. The fourth-order valence-electron chi connectivity index (χ4n) is 3.70. The first-order valence-electron chi connectivity index (χ1n) is 8.37. The number of carboxylic acid groups (broad SMARTS) is 1. The molecule has 0 fully saturated rings. The molecule has 1 aliphatic rings. The van der Waals surface area contributed by atoms with Gasteiger partial charge in [-0.15, -0.1) is 0 Å². The number of aromatic nitrogens is 1. The van der Waals surface area contributed by atoms with Crippen LogP contribution in [-0.2, 0) is 30.8 Å². The van der Waals surface area contributed by atoms with Crippen LogP contribution in [-0.4, -0.2) is 28.2 Å². The summed E-state index contributed by atoms with van der Waals surface area (Å²) in [6.45, 7) is 9.56. The summed E-state index contributed by atoms with van der Waals surface area (Å²) >= 11 is 0. The van der Waals surface area contributed by atoms with Crippen LogP contribution < -0.4 is 10.6 Å². The topological polar surface area (TPSA) is 66.3 Å². The van der Waals surface area contributed by atoms with Gasteiger partial charge < -0.3 is 20.3 Å². The molecule has 23 heavy (non-hydrogen) atoms. The van der Waals surface area contributed by atoms with Gasteiger partial charge >= 0.3 is 5.97 Å². The van der Waals surface area contributed by atoms with Crippen LogP contribution in [0.2, 0.25) is 0 Å². The quantitative estimate of drug-likeness (QED) is 0.764. The van der Waals surface area contributed by atoms with E-state index in [1.807, 2.05) is 6.92 Å². The molecule has 1 atom stereocenters. The summed E-state index contributed by atoms with van der Waals surface area (Å²) < 4.78 is 2.30. The molecule has 124 valence electrons. The summed E-state index contributed by atoms with van der Waals surface area (Å²) in [5.74, 6) is -0.786. The Balaban J connectivity index is 2.12. The average molecular weight is 315 g/mol. The maximum absolute atomic E-state index is 11.5. The Labute approximate surface area is 136 Å². The fourth-order valence-corrected chi connectivity index (χ4v) is 3.70. The molecule has 0 bridgehead atoms. The van der Waals surface area contributed by atoms with Crippen LogP contribution in [0, 0.1) is 6.92 Å². The van der Waals surface area contributed by atoms with E-state index in [1.165, 1.54) is 27.7 Å². The monoisotopic (exact) mass is 315 g/mol. The third-order valence-corrected chi connectivity index (χ3v) is 4.88. The Morgan fingerprint density at radius 3 is 2.65 bits per heavy atom. The number of nitrogens with one attached hydrogen (secondary N) is 2. The van der Waals surface area contributed by atoms with Gasteiger partial charge in [0.15, 0.2) is 0 Å². The molecule has 1 aromatic carbocycles. The Morgan fingerprint density at radius 1 is 1.35 bits per heavy atom. The molecule has 0 saturated heterocycles. The lowest BCUT2D eigenvalue weighted by atomic mass is 9.99. The van der Waals surface area contributed by atoms with Crippen LogP contribution >= 0.6 is 0 Å². The van der Waals surface area contributed by atoms with E-state index in [1.54, 1.807) is 0 Å². The highest BCUT2D eigenvalue weighted by molar-refractivity contribution is 5.88. The molecule has 5 nitrogen and oxygen atoms in total. The standard InChI is InChI=1S/C18H25N3O2/c1-4-20-16(18(22)23)8-14-11(3)21(5-2)17-7-13-10-19-9-12(13)6-15(14)17/h6-7,16,19-20H,4-5,8-10H2,1-3H3,(H,22,23). The highest BCUT2D eigenvalue weighted by Gasteiger charge is 2.23. The van der Waals surface area contributed by atoms with Gasteiger partial charge in [0.25, 0.3) is 0 Å². The smallest absolute Gasteiger partial charge is 0.321 e. The fraction of sp³-hybridized carbons (Fsp3) is 0.500. The number of benzene rings is 1. The first-order chi connectivity index (χ1) is 11.1. The second kappa shape index (κ2) is 6.34. The SMILES string of the molecule is CCNC(Cc1c(C)n(CC)c2cc3c(cc12)CNC3)C(=O)O. The summed E-state index contributed by atoms with van der Waals surface area (Å²) in [5, 5.41) is 17.1. The van der Waals surface area contributed by atoms with E-state index in [0.717, 1.165) is 25.2 Å². The lowest BCUT2D eigenvalue weighted by Gasteiger charge is -2.13. The molecule has 0 amide bonds. The van der Waals surface area contributed by atoms with Crippen LogP contribution in [0.5, 0.6) is 0 Å². The summed E-state index contributed by atoms with van der Waals surface area (Å²) in [6.07, 6.45) is 0.519. The summed E-state index contributed by atoms with van der Waals surface area (Å²) in [7, 11) is 0. The number of aliphatic carboxylic acids is 1. The van der Waals surface area contributed by atoms with E-state index >= 15 is 0 Å². The Kier molecular flexibility index (Phi) is 4.41. The molecule has 5 heteroatoms. The summed E-state index contributed by atoms with van der Waals surface area (Å²) in [6, 6.07) is 3.98. The van der Waals surface area contributed by atoms with Crippen LogP contribution in [0.4, 0.5) is 0 Å². The number of rotatable bonds is 6. The Bertz CT molecular complexity index is 749. The van der Waals surface area contributed by atoms with Crippen molar-refractivity contribution < 1.29 is 9.90 Å². The number of likely N-dealkylation sites (N-methyl/N-ethyl adjacent to an activating group) is 1. The molecular weight excluding hydrogens is 290 g/mol. The molecule has 0 saturated carbocycles. The van der Waals surface area contributed by atoms with Gasteiger partial charge in [-0.2, -0.15) is 0 Å². The number of fused-ring (bicyclic) bond motifs is 2. The van der Waals surface area contributed by atoms with E-state index in [9.17, 15) is 9.90 Å². The van der Waals surface area contributed by atoms with Crippen LogP contribution in [0.1, 0.15) is 36.2 Å². The minimum atomic E-state index is -0.786. The second-order valence-corrected chi connectivity index (χ2v) is 6.20. The predicted molar refractivity (Wildman–Crippen MR) is 91.7 cm³/mol. The molecule has 0 aliphatic carbocycles. The van der Waals surface area contributed by atoms with Crippen molar-refractivity contribution in [2.24, 2.45) is 0 Å². The van der Waals surface area contributed by atoms with Crippen LogP contribution in [0.3, 0.4) is 0 Å². The Hall–Kier alpha value is -1.85. The molecule has 1 aromatic heterocycles. The lowest BCUT2D eigenvalue weighted by molar-refractivity contribution is -0.139. The van der Waals surface area contributed by atoms with Crippen molar-refractivity contribution in [1.29, 1.82) is 0 Å². The maximum atomic E-state index is 11.5. The van der Waals surface area contributed by atoms with E-state index in [-0.39, 0.29) is 0 Å². The molecule has 0 radical (unpaired) electrons. The van der Waals surface area contributed by atoms with Gasteiger partial charge in [-0.25, -0.2) is 0 Å². The van der Waals surface area contributed by atoms with Crippen molar-refractivity contribution >= 4 is 16.9 Å². The minimum Gasteiger partial charge on any atom is -0.480 e. The molecule has 2 aromatic rings. The van der Waals surface area contributed by atoms with Gasteiger partial charge in [-0.05, 0) is 49.2 Å².